The van der Waals surface area contributed by atoms with E-state index in [1.165, 1.54) is 0 Å². The summed E-state index contributed by atoms with van der Waals surface area (Å²) >= 11 is 0. The Morgan fingerprint density at radius 1 is 1.60 bits per heavy atom. The Morgan fingerprint density at radius 2 is 2.40 bits per heavy atom. The number of furan rings is 1. The van der Waals surface area contributed by atoms with Crippen molar-refractivity contribution in [3.63, 3.8) is 0 Å². The minimum Gasteiger partial charge on any atom is -0.467 e. The van der Waals surface area contributed by atoms with E-state index in [0.29, 0.717) is 13.1 Å². The van der Waals surface area contributed by atoms with E-state index < -0.39 is 0 Å². The maximum atomic E-state index is 11.6. The van der Waals surface area contributed by atoms with Crippen molar-refractivity contribution in [2.24, 2.45) is 5.92 Å². The quantitative estimate of drug-likeness (QED) is 0.740. The molecule has 1 heterocycles. The van der Waals surface area contributed by atoms with E-state index in [1.54, 1.807) is 6.26 Å². The highest BCUT2D eigenvalue weighted by Crippen LogP contribution is 2.00. The van der Waals surface area contributed by atoms with Gasteiger partial charge in [-0.25, -0.2) is 0 Å². The summed E-state index contributed by atoms with van der Waals surface area (Å²) in [5, 5.41) is 5.96. The van der Waals surface area contributed by atoms with Crippen molar-refractivity contribution < 1.29 is 9.21 Å². The molecule has 84 valence electrons. The normalized spacial score (nSPS) is 12.4. The highest BCUT2D eigenvalue weighted by atomic mass is 16.3. The molecule has 1 unspecified atom stereocenters. The van der Waals surface area contributed by atoms with Crippen molar-refractivity contribution in [1.29, 1.82) is 0 Å². The van der Waals surface area contributed by atoms with Crippen molar-refractivity contribution in [1.82, 2.24) is 10.6 Å². The zero-order valence-electron chi connectivity index (χ0n) is 9.25. The number of amides is 1. The molecular formula is C11H18N2O2. The minimum atomic E-state index is -0.0140. The molecule has 0 aliphatic carbocycles. The zero-order valence-corrected chi connectivity index (χ0v) is 9.25. The second-order valence-electron chi connectivity index (χ2n) is 3.51. The van der Waals surface area contributed by atoms with Gasteiger partial charge in [0.25, 0.3) is 0 Å². The Bertz CT molecular complexity index is 283. The van der Waals surface area contributed by atoms with Crippen molar-refractivity contribution in [2.75, 3.05) is 13.1 Å². The first-order valence-corrected chi connectivity index (χ1v) is 5.24. The minimum absolute atomic E-state index is 0.0140. The van der Waals surface area contributed by atoms with Crippen molar-refractivity contribution in [2.45, 2.75) is 20.4 Å². The van der Waals surface area contributed by atoms with Crippen LogP contribution in [0.1, 0.15) is 19.6 Å². The molecule has 1 rings (SSSR count). The van der Waals surface area contributed by atoms with Gasteiger partial charge >= 0.3 is 0 Å². The molecule has 15 heavy (non-hydrogen) atoms. The van der Waals surface area contributed by atoms with Gasteiger partial charge in [0, 0.05) is 12.5 Å². The third-order valence-electron chi connectivity index (χ3n) is 2.17. The Morgan fingerprint density at radius 3 is 3.00 bits per heavy atom. The van der Waals surface area contributed by atoms with Gasteiger partial charge in [0.1, 0.15) is 5.76 Å². The standard InChI is InChI=1S/C11H18N2O2/c1-3-12-7-9(2)11(14)13-8-10-5-4-6-15-10/h4-6,9,12H,3,7-8H2,1-2H3,(H,13,14). The summed E-state index contributed by atoms with van der Waals surface area (Å²) in [6, 6.07) is 3.65. The van der Waals surface area contributed by atoms with E-state index in [-0.39, 0.29) is 11.8 Å². The van der Waals surface area contributed by atoms with Crippen LogP contribution < -0.4 is 10.6 Å². The number of nitrogens with one attached hydrogen (secondary N) is 2. The molecule has 4 heteroatoms. The number of carbonyl (C=O) groups is 1. The van der Waals surface area contributed by atoms with Crippen LogP contribution in [0.15, 0.2) is 22.8 Å². The molecular weight excluding hydrogens is 192 g/mol. The first-order valence-electron chi connectivity index (χ1n) is 5.24. The largest absolute Gasteiger partial charge is 0.467 e. The van der Waals surface area contributed by atoms with Crippen LogP contribution in [0.3, 0.4) is 0 Å². The van der Waals surface area contributed by atoms with Gasteiger partial charge in [0.15, 0.2) is 0 Å². The van der Waals surface area contributed by atoms with Gasteiger partial charge in [-0.3, -0.25) is 4.79 Å². The topological polar surface area (TPSA) is 54.3 Å². The molecule has 0 saturated heterocycles. The van der Waals surface area contributed by atoms with E-state index >= 15 is 0 Å². The van der Waals surface area contributed by atoms with E-state index in [2.05, 4.69) is 10.6 Å². The third-order valence-corrected chi connectivity index (χ3v) is 2.17. The SMILES string of the molecule is CCNCC(C)C(=O)NCc1ccco1. The molecule has 0 spiro atoms. The van der Waals surface area contributed by atoms with Crippen molar-refractivity contribution in [3.05, 3.63) is 24.2 Å². The average molecular weight is 210 g/mol. The maximum Gasteiger partial charge on any atom is 0.224 e. The highest BCUT2D eigenvalue weighted by Gasteiger charge is 2.11. The van der Waals surface area contributed by atoms with Crippen LogP contribution in [0, 0.1) is 5.92 Å². The van der Waals surface area contributed by atoms with Gasteiger partial charge in [0.05, 0.1) is 12.8 Å². The Kier molecular flexibility index (Phi) is 4.90. The van der Waals surface area contributed by atoms with Crippen LogP contribution in [-0.4, -0.2) is 19.0 Å². The molecule has 1 aromatic heterocycles. The summed E-state index contributed by atoms with van der Waals surface area (Å²) < 4.78 is 5.11. The summed E-state index contributed by atoms with van der Waals surface area (Å²) in [5.74, 6) is 0.811. The Balaban J connectivity index is 2.23. The number of rotatable bonds is 6. The predicted molar refractivity (Wildman–Crippen MR) is 58.3 cm³/mol. The summed E-state index contributed by atoms with van der Waals surface area (Å²) in [6.07, 6.45) is 1.60. The fourth-order valence-electron chi connectivity index (χ4n) is 1.22. The summed E-state index contributed by atoms with van der Waals surface area (Å²) in [4.78, 5) is 11.6. The zero-order chi connectivity index (χ0) is 11.1. The molecule has 1 aromatic rings. The van der Waals surface area contributed by atoms with Gasteiger partial charge in [-0.05, 0) is 18.7 Å². The first-order chi connectivity index (χ1) is 7.24. The van der Waals surface area contributed by atoms with E-state index in [9.17, 15) is 4.79 Å². The molecule has 4 nitrogen and oxygen atoms in total. The molecule has 1 amide bonds. The van der Waals surface area contributed by atoms with Crippen molar-refractivity contribution >= 4 is 5.91 Å². The third kappa shape index (κ3) is 4.16. The smallest absolute Gasteiger partial charge is 0.224 e. The predicted octanol–water partition coefficient (Wildman–Crippen LogP) is 1.14. The fraction of sp³-hybridized carbons (Fsp3) is 0.545. The fourth-order valence-corrected chi connectivity index (χ4v) is 1.22. The molecule has 0 saturated carbocycles. The Hall–Kier alpha value is -1.29. The molecule has 0 fully saturated rings. The van der Waals surface area contributed by atoms with Crippen LogP contribution in [0.25, 0.3) is 0 Å². The van der Waals surface area contributed by atoms with Crippen LogP contribution in [-0.2, 0) is 11.3 Å². The van der Waals surface area contributed by atoms with E-state index in [1.807, 2.05) is 26.0 Å². The van der Waals surface area contributed by atoms with Crippen molar-refractivity contribution in [3.8, 4) is 0 Å². The summed E-state index contributed by atoms with van der Waals surface area (Å²) in [7, 11) is 0. The molecule has 0 radical (unpaired) electrons. The van der Waals surface area contributed by atoms with Gasteiger partial charge in [0.2, 0.25) is 5.91 Å². The Labute approximate surface area is 90.0 Å². The molecule has 0 aliphatic rings. The first kappa shape index (κ1) is 11.8. The summed E-state index contributed by atoms with van der Waals surface area (Å²) in [5.41, 5.74) is 0. The molecule has 1 atom stereocenters. The molecule has 0 aromatic carbocycles. The molecule has 2 N–H and O–H groups in total. The number of hydrogen-bond acceptors (Lipinski definition) is 3. The van der Waals surface area contributed by atoms with E-state index in [0.717, 1.165) is 12.3 Å². The van der Waals surface area contributed by atoms with Gasteiger partial charge in [-0.2, -0.15) is 0 Å². The number of hydrogen-bond donors (Lipinski definition) is 2. The van der Waals surface area contributed by atoms with Crippen LogP contribution >= 0.6 is 0 Å². The van der Waals surface area contributed by atoms with Crippen LogP contribution in [0.4, 0.5) is 0 Å². The van der Waals surface area contributed by atoms with Gasteiger partial charge in [-0.1, -0.05) is 13.8 Å². The van der Waals surface area contributed by atoms with Gasteiger partial charge in [-0.15, -0.1) is 0 Å². The lowest BCUT2D eigenvalue weighted by Gasteiger charge is -2.11. The second kappa shape index (κ2) is 6.24. The molecule has 0 bridgehead atoms. The molecule has 0 aliphatic heterocycles. The monoisotopic (exact) mass is 210 g/mol. The lowest BCUT2D eigenvalue weighted by atomic mass is 10.1. The van der Waals surface area contributed by atoms with E-state index in [4.69, 9.17) is 4.42 Å². The lowest BCUT2D eigenvalue weighted by Crippen LogP contribution is -2.34. The van der Waals surface area contributed by atoms with Crippen LogP contribution in [0.5, 0.6) is 0 Å². The number of carbonyl (C=O) groups excluding carboxylic acids is 1. The lowest BCUT2D eigenvalue weighted by molar-refractivity contribution is -0.124. The average Bonchev–Trinajstić information content (AvgIpc) is 2.75. The van der Waals surface area contributed by atoms with Crippen LogP contribution in [0.2, 0.25) is 0 Å². The second-order valence-corrected chi connectivity index (χ2v) is 3.51. The maximum absolute atomic E-state index is 11.6. The summed E-state index contributed by atoms with van der Waals surface area (Å²) in [6.45, 7) is 5.98. The van der Waals surface area contributed by atoms with Gasteiger partial charge < -0.3 is 15.1 Å². The highest BCUT2D eigenvalue weighted by molar-refractivity contribution is 5.78.